The molecule has 0 radical (unpaired) electrons. The normalized spacial score (nSPS) is 10.4. The second-order valence-electron chi connectivity index (χ2n) is 6.71. The average Bonchev–Trinajstić information content (AvgIpc) is 2.83. The lowest BCUT2D eigenvalue weighted by Gasteiger charge is -2.23. The van der Waals surface area contributed by atoms with Crippen LogP contribution in [0.25, 0.3) is 0 Å². The SMILES string of the molecule is O=C(c1cc(NCc2ccncc2)ncn1)N(Cc1ccccc1)c1ccccc1. The van der Waals surface area contributed by atoms with Gasteiger partial charge in [0.15, 0.2) is 0 Å². The Morgan fingerprint density at radius 1 is 0.833 bits per heavy atom. The van der Waals surface area contributed by atoms with E-state index in [2.05, 4.69) is 20.3 Å². The highest BCUT2D eigenvalue weighted by Crippen LogP contribution is 2.20. The van der Waals surface area contributed by atoms with E-state index in [4.69, 9.17) is 0 Å². The van der Waals surface area contributed by atoms with Gasteiger partial charge in [0, 0.05) is 30.7 Å². The van der Waals surface area contributed by atoms with Crippen LogP contribution >= 0.6 is 0 Å². The van der Waals surface area contributed by atoms with Gasteiger partial charge in [0.05, 0.1) is 6.54 Å². The number of hydrogen-bond acceptors (Lipinski definition) is 5. The number of pyridine rings is 1. The monoisotopic (exact) mass is 395 g/mol. The molecule has 1 N–H and O–H groups in total. The molecule has 0 saturated heterocycles. The fourth-order valence-corrected chi connectivity index (χ4v) is 3.06. The molecular formula is C24H21N5O. The fourth-order valence-electron chi connectivity index (χ4n) is 3.06. The molecule has 2 heterocycles. The van der Waals surface area contributed by atoms with E-state index >= 15 is 0 Å². The molecule has 0 bridgehead atoms. The summed E-state index contributed by atoms with van der Waals surface area (Å²) in [5.74, 6) is 0.414. The summed E-state index contributed by atoms with van der Waals surface area (Å²) >= 11 is 0. The number of anilines is 2. The molecule has 6 heteroatoms. The second kappa shape index (κ2) is 9.43. The topological polar surface area (TPSA) is 71.0 Å². The van der Waals surface area contributed by atoms with Gasteiger partial charge in [-0.3, -0.25) is 9.78 Å². The molecule has 1 amide bonds. The van der Waals surface area contributed by atoms with Gasteiger partial charge in [-0.2, -0.15) is 0 Å². The lowest BCUT2D eigenvalue weighted by atomic mass is 10.1. The third kappa shape index (κ3) is 4.86. The van der Waals surface area contributed by atoms with E-state index in [1.807, 2.05) is 72.8 Å². The first-order valence-electron chi connectivity index (χ1n) is 9.65. The van der Waals surface area contributed by atoms with E-state index in [-0.39, 0.29) is 5.91 Å². The zero-order valence-corrected chi connectivity index (χ0v) is 16.3. The van der Waals surface area contributed by atoms with Gasteiger partial charge < -0.3 is 10.2 Å². The van der Waals surface area contributed by atoms with Crippen molar-refractivity contribution in [3.63, 3.8) is 0 Å². The summed E-state index contributed by atoms with van der Waals surface area (Å²) in [6, 6.07) is 25.1. The Morgan fingerprint density at radius 2 is 1.53 bits per heavy atom. The molecule has 2 aromatic carbocycles. The molecule has 4 rings (SSSR count). The summed E-state index contributed by atoms with van der Waals surface area (Å²) in [5.41, 5.74) is 3.27. The number of carbonyl (C=O) groups is 1. The maximum atomic E-state index is 13.4. The second-order valence-corrected chi connectivity index (χ2v) is 6.71. The Bertz CT molecular complexity index is 1090. The molecule has 0 aliphatic heterocycles. The minimum atomic E-state index is -0.181. The Balaban J connectivity index is 1.56. The maximum Gasteiger partial charge on any atom is 0.277 e. The predicted molar refractivity (Wildman–Crippen MR) is 117 cm³/mol. The van der Waals surface area contributed by atoms with Gasteiger partial charge in [0.1, 0.15) is 17.8 Å². The van der Waals surface area contributed by atoms with Gasteiger partial charge >= 0.3 is 0 Å². The van der Waals surface area contributed by atoms with Gasteiger partial charge in [-0.05, 0) is 35.4 Å². The Labute approximate surface area is 175 Å². The van der Waals surface area contributed by atoms with Crippen LogP contribution in [0, 0.1) is 0 Å². The molecule has 0 unspecified atom stereocenters. The van der Waals surface area contributed by atoms with E-state index in [0.29, 0.717) is 24.6 Å². The number of aromatic nitrogens is 3. The van der Waals surface area contributed by atoms with E-state index in [1.165, 1.54) is 6.33 Å². The number of nitrogens with zero attached hydrogens (tertiary/aromatic N) is 4. The van der Waals surface area contributed by atoms with E-state index < -0.39 is 0 Å². The minimum Gasteiger partial charge on any atom is -0.366 e. The summed E-state index contributed by atoms with van der Waals surface area (Å²) in [6.45, 7) is 1.03. The predicted octanol–water partition coefficient (Wildman–Crippen LogP) is 4.33. The van der Waals surface area contributed by atoms with Gasteiger partial charge in [0.2, 0.25) is 0 Å². The number of para-hydroxylation sites is 1. The fraction of sp³-hybridized carbons (Fsp3) is 0.0833. The standard InChI is InChI=1S/C24H21N5O/c30-24(22-15-23(28-18-27-22)26-16-19-11-13-25-14-12-19)29(21-9-5-2-6-10-21)17-20-7-3-1-4-8-20/h1-15,18H,16-17H2,(H,26,27,28). The average molecular weight is 395 g/mol. The summed E-state index contributed by atoms with van der Waals surface area (Å²) in [6.07, 6.45) is 4.90. The van der Waals surface area contributed by atoms with Crippen molar-refractivity contribution in [1.29, 1.82) is 0 Å². The van der Waals surface area contributed by atoms with E-state index in [1.54, 1.807) is 23.4 Å². The highest BCUT2D eigenvalue weighted by molar-refractivity contribution is 6.05. The van der Waals surface area contributed by atoms with Crippen LogP contribution in [-0.2, 0) is 13.1 Å². The van der Waals surface area contributed by atoms with Crippen molar-refractivity contribution < 1.29 is 4.79 Å². The molecule has 6 nitrogen and oxygen atoms in total. The van der Waals surface area contributed by atoms with Crippen LogP contribution in [0.15, 0.2) is 97.6 Å². The summed E-state index contributed by atoms with van der Waals surface area (Å²) in [7, 11) is 0. The number of rotatable bonds is 7. The number of amides is 1. The van der Waals surface area contributed by atoms with Crippen molar-refractivity contribution in [3.05, 3.63) is 114 Å². The third-order valence-corrected chi connectivity index (χ3v) is 4.61. The Morgan fingerprint density at radius 3 is 2.27 bits per heavy atom. The van der Waals surface area contributed by atoms with Crippen LogP contribution < -0.4 is 10.2 Å². The quantitative estimate of drug-likeness (QED) is 0.504. The first kappa shape index (κ1) is 19.3. The van der Waals surface area contributed by atoms with Gasteiger partial charge in [-0.1, -0.05) is 48.5 Å². The minimum absolute atomic E-state index is 0.181. The molecule has 0 saturated carbocycles. The summed E-state index contributed by atoms with van der Waals surface area (Å²) in [4.78, 5) is 27.6. The first-order valence-corrected chi connectivity index (χ1v) is 9.65. The molecule has 0 aliphatic rings. The van der Waals surface area contributed by atoms with Crippen molar-refractivity contribution in [2.24, 2.45) is 0 Å². The van der Waals surface area contributed by atoms with Gasteiger partial charge in [-0.25, -0.2) is 9.97 Å². The third-order valence-electron chi connectivity index (χ3n) is 4.61. The molecule has 2 aromatic heterocycles. The molecule has 0 spiro atoms. The highest BCUT2D eigenvalue weighted by Gasteiger charge is 2.20. The number of hydrogen-bond donors (Lipinski definition) is 1. The van der Waals surface area contributed by atoms with Crippen LogP contribution in [0.2, 0.25) is 0 Å². The summed E-state index contributed by atoms with van der Waals surface area (Å²) in [5, 5.41) is 3.23. The van der Waals surface area contributed by atoms with Crippen LogP contribution in [0.1, 0.15) is 21.6 Å². The van der Waals surface area contributed by atoms with Crippen LogP contribution in [-0.4, -0.2) is 20.9 Å². The van der Waals surface area contributed by atoms with Gasteiger partial charge in [-0.15, -0.1) is 0 Å². The molecule has 148 valence electrons. The van der Waals surface area contributed by atoms with Crippen LogP contribution in [0.3, 0.4) is 0 Å². The molecule has 0 fully saturated rings. The number of benzene rings is 2. The molecule has 0 atom stereocenters. The van der Waals surface area contributed by atoms with Crippen molar-refractivity contribution in [3.8, 4) is 0 Å². The lowest BCUT2D eigenvalue weighted by molar-refractivity contribution is 0.0980. The van der Waals surface area contributed by atoms with Gasteiger partial charge in [0.25, 0.3) is 5.91 Å². The Kier molecular flexibility index (Phi) is 6.05. The number of nitrogens with one attached hydrogen (secondary N) is 1. The van der Waals surface area contributed by atoms with E-state index in [0.717, 1.165) is 16.8 Å². The lowest BCUT2D eigenvalue weighted by Crippen LogP contribution is -2.31. The zero-order valence-electron chi connectivity index (χ0n) is 16.3. The largest absolute Gasteiger partial charge is 0.366 e. The molecule has 30 heavy (non-hydrogen) atoms. The summed E-state index contributed by atoms with van der Waals surface area (Å²) < 4.78 is 0. The molecule has 0 aliphatic carbocycles. The van der Waals surface area contributed by atoms with Crippen molar-refractivity contribution in [2.45, 2.75) is 13.1 Å². The van der Waals surface area contributed by atoms with Crippen molar-refractivity contribution in [2.75, 3.05) is 10.2 Å². The smallest absolute Gasteiger partial charge is 0.277 e. The Hall–Kier alpha value is -4.06. The zero-order chi connectivity index (χ0) is 20.6. The van der Waals surface area contributed by atoms with Crippen LogP contribution in [0.5, 0.6) is 0 Å². The number of carbonyl (C=O) groups excluding carboxylic acids is 1. The van der Waals surface area contributed by atoms with E-state index in [9.17, 15) is 4.79 Å². The molecule has 4 aromatic rings. The maximum absolute atomic E-state index is 13.4. The molecular weight excluding hydrogens is 374 g/mol. The van der Waals surface area contributed by atoms with Crippen molar-refractivity contribution in [1.82, 2.24) is 15.0 Å². The highest BCUT2D eigenvalue weighted by atomic mass is 16.2. The van der Waals surface area contributed by atoms with Crippen LogP contribution in [0.4, 0.5) is 11.5 Å². The first-order chi connectivity index (χ1) is 14.8. The van der Waals surface area contributed by atoms with Crippen molar-refractivity contribution >= 4 is 17.4 Å².